The molecule has 0 heterocycles. The molecule has 0 radical (unpaired) electrons. The van der Waals surface area contributed by atoms with Crippen LogP contribution >= 0.6 is 0 Å². The molecule has 0 saturated heterocycles. The van der Waals surface area contributed by atoms with Crippen LogP contribution in [0.2, 0.25) is 0 Å². The van der Waals surface area contributed by atoms with Crippen molar-refractivity contribution in [3.05, 3.63) is 5.92 Å². The number of rotatable bonds is 0. The Labute approximate surface area is 60.9 Å². The van der Waals surface area contributed by atoms with Crippen molar-refractivity contribution in [2.45, 2.75) is 20.8 Å². The SMILES string of the molecule is C[C-](C)C.[Mg+2].[SiH3-]. The second-order valence-corrected chi connectivity index (χ2v) is 1.50. The molecule has 34 valence electrons. The monoisotopic (exact) mass is 112 g/mol. The predicted octanol–water partition coefficient (Wildman–Crippen LogP) is 0.0559. The molecule has 0 aliphatic rings. The standard InChI is InChI=1S/C4H9.Mg.H3Si/c1-4(2)3;;/h1-3H3;;1H3/q-1;+2;-1. The maximum atomic E-state index is 2.08. The fourth-order valence-electron chi connectivity index (χ4n) is 0. The van der Waals surface area contributed by atoms with E-state index < -0.39 is 0 Å². The molecular weight excluding hydrogens is 100 g/mol. The van der Waals surface area contributed by atoms with Crippen molar-refractivity contribution in [2.24, 2.45) is 0 Å². The summed E-state index contributed by atoms with van der Waals surface area (Å²) in [6, 6.07) is 0. The van der Waals surface area contributed by atoms with Gasteiger partial charge in [0.05, 0.1) is 0 Å². The normalized spacial score (nSPS) is 6.00. The fraction of sp³-hybridized carbons (Fsp3) is 0.750. The largest absolute Gasteiger partial charge is 2.00 e. The molecule has 0 aromatic carbocycles. The van der Waals surface area contributed by atoms with Gasteiger partial charge in [0.2, 0.25) is 0 Å². The van der Waals surface area contributed by atoms with E-state index in [1.807, 2.05) is 0 Å². The van der Waals surface area contributed by atoms with Crippen molar-refractivity contribution in [1.82, 2.24) is 0 Å². The van der Waals surface area contributed by atoms with E-state index in [9.17, 15) is 0 Å². The average Bonchev–Trinajstić information content (AvgIpc) is 0.811. The molecule has 0 nitrogen and oxygen atoms in total. The summed E-state index contributed by atoms with van der Waals surface area (Å²) in [6.07, 6.45) is 0. The van der Waals surface area contributed by atoms with E-state index >= 15 is 0 Å². The van der Waals surface area contributed by atoms with Gasteiger partial charge in [0.15, 0.2) is 0 Å². The molecule has 2 heteroatoms. The van der Waals surface area contributed by atoms with Crippen LogP contribution in [0.5, 0.6) is 0 Å². The van der Waals surface area contributed by atoms with Crippen LogP contribution < -0.4 is 0 Å². The van der Waals surface area contributed by atoms with Gasteiger partial charge in [-0.05, 0) is 0 Å². The van der Waals surface area contributed by atoms with Gasteiger partial charge < -0.3 is 16.9 Å². The second kappa shape index (κ2) is 9.36. The van der Waals surface area contributed by atoms with E-state index in [2.05, 4.69) is 20.8 Å². The van der Waals surface area contributed by atoms with Gasteiger partial charge >= 0.3 is 23.1 Å². The van der Waals surface area contributed by atoms with Crippen LogP contribution in [-0.4, -0.2) is 34.0 Å². The first-order valence-corrected chi connectivity index (χ1v) is 1.50. The van der Waals surface area contributed by atoms with Gasteiger partial charge in [0.1, 0.15) is 0 Å². The van der Waals surface area contributed by atoms with Crippen LogP contribution in [0, 0.1) is 5.92 Å². The van der Waals surface area contributed by atoms with Gasteiger partial charge in [-0.2, -0.15) is 20.8 Å². The van der Waals surface area contributed by atoms with Gasteiger partial charge in [-0.15, -0.1) is 0 Å². The molecule has 0 rings (SSSR count). The van der Waals surface area contributed by atoms with Gasteiger partial charge in [-0.1, -0.05) is 0 Å². The predicted molar refractivity (Wildman–Crippen MR) is 36.0 cm³/mol. The first kappa shape index (κ1) is 15.8. The van der Waals surface area contributed by atoms with Crippen molar-refractivity contribution in [1.29, 1.82) is 0 Å². The third kappa shape index (κ3) is 81.8. The van der Waals surface area contributed by atoms with Crippen LogP contribution in [-0.2, 0) is 0 Å². The smallest absolute Gasteiger partial charge is 0.323 e. The molecule has 0 fully saturated rings. The van der Waals surface area contributed by atoms with Crippen LogP contribution in [0.15, 0.2) is 0 Å². The molecule has 0 unspecified atom stereocenters. The van der Waals surface area contributed by atoms with Gasteiger partial charge in [0, 0.05) is 0 Å². The van der Waals surface area contributed by atoms with Crippen molar-refractivity contribution in [3.63, 3.8) is 0 Å². The summed E-state index contributed by atoms with van der Waals surface area (Å²) in [5, 5.41) is 0. The van der Waals surface area contributed by atoms with Crippen LogP contribution in [0.1, 0.15) is 20.8 Å². The van der Waals surface area contributed by atoms with Crippen LogP contribution in [0.4, 0.5) is 0 Å². The third-order valence-corrected chi connectivity index (χ3v) is 0. The van der Waals surface area contributed by atoms with E-state index in [0.717, 1.165) is 0 Å². The molecule has 0 N–H and O–H groups in total. The number of hydrogen-bond donors (Lipinski definition) is 0. The summed E-state index contributed by atoms with van der Waals surface area (Å²) in [5.74, 6) is 1.42. The Morgan fingerprint density at radius 3 is 1.00 bits per heavy atom. The minimum atomic E-state index is 0. The summed E-state index contributed by atoms with van der Waals surface area (Å²) < 4.78 is 0. The topological polar surface area (TPSA) is 0 Å². The van der Waals surface area contributed by atoms with E-state index in [1.54, 1.807) is 0 Å². The van der Waals surface area contributed by atoms with E-state index in [-0.39, 0.29) is 34.0 Å². The summed E-state index contributed by atoms with van der Waals surface area (Å²) in [7, 11) is 0. The van der Waals surface area contributed by atoms with Crippen molar-refractivity contribution in [3.8, 4) is 0 Å². The molecule has 0 aliphatic heterocycles. The third-order valence-electron chi connectivity index (χ3n) is 0. The fourth-order valence-corrected chi connectivity index (χ4v) is 0. The summed E-state index contributed by atoms with van der Waals surface area (Å²) >= 11 is 0. The second-order valence-electron chi connectivity index (χ2n) is 1.50. The van der Waals surface area contributed by atoms with Crippen molar-refractivity contribution < 1.29 is 0 Å². The molecule has 0 spiro atoms. The van der Waals surface area contributed by atoms with Crippen LogP contribution in [0.25, 0.3) is 0 Å². The summed E-state index contributed by atoms with van der Waals surface area (Å²) in [4.78, 5) is 0. The molecule has 0 aromatic rings. The zero-order valence-electron chi connectivity index (χ0n) is 5.21. The first-order chi connectivity index (χ1) is 1.73. The Hall–Kier alpha value is 0.983. The van der Waals surface area contributed by atoms with E-state index in [4.69, 9.17) is 0 Å². The van der Waals surface area contributed by atoms with Gasteiger partial charge in [0.25, 0.3) is 0 Å². The molecule has 0 atom stereocenters. The zero-order chi connectivity index (χ0) is 3.58. The Kier molecular flexibility index (Phi) is 24.6. The molecule has 0 aliphatic carbocycles. The minimum Gasteiger partial charge on any atom is -0.323 e. The van der Waals surface area contributed by atoms with Crippen molar-refractivity contribution >= 4 is 34.0 Å². The molecule has 0 bridgehead atoms. The Morgan fingerprint density at radius 2 is 1.00 bits per heavy atom. The van der Waals surface area contributed by atoms with E-state index in [1.165, 1.54) is 5.92 Å². The summed E-state index contributed by atoms with van der Waals surface area (Å²) in [6.45, 7) is 6.25. The van der Waals surface area contributed by atoms with Gasteiger partial charge in [-0.25, -0.2) is 0 Å². The average molecular weight is 113 g/mol. The maximum Gasteiger partial charge on any atom is 2.00 e. The Bertz CT molecular complexity index is 12.3. The minimum absolute atomic E-state index is 0. The quantitative estimate of drug-likeness (QED) is 0.307. The van der Waals surface area contributed by atoms with Gasteiger partial charge in [-0.3, -0.25) is 0 Å². The molecule has 0 saturated carbocycles. The molecule has 0 aromatic heterocycles. The number of hydrogen-bond acceptors (Lipinski definition) is 0. The molecular formula is C4H12MgSi. The molecule has 0 amide bonds. The Balaban J connectivity index is -0.0000000450. The molecule has 6 heavy (non-hydrogen) atoms. The maximum absolute atomic E-state index is 2.08. The van der Waals surface area contributed by atoms with Crippen LogP contribution in [0.3, 0.4) is 0 Å². The zero-order valence-corrected chi connectivity index (χ0v) is 8.62. The van der Waals surface area contributed by atoms with Crippen molar-refractivity contribution in [2.75, 3.05) is 0 Å². The Morgan fingerprint density at radius 1 is 1.00 bits per heavy atom. The first-order valence-electron chi connectivity index (χ1n) is 1.50. The van der Waals surface area contributed by atoms with E-state index in [0.29, 0.717) is 0 Å². The summed E-state index contributed by atoms with van der Waals surface area (Å²) in [5.41, 5.74) is 0.